The van der Waals surface area contributed by atoms with E-state index in [1.165, 1.54) is 51.8 Å². The van der Waals surface area contributed by atoms with E-state index in [4.69, 9.17) is 19.7 Å². The molecule has 3 atom stereocenters. The zero-order valence-electron chi connectivity index (χ0n) is 35.1. The summed E-state index contributed by atoms with van der Waals surface area (Å²) < 4.78 is 6.59. The van der Waals surface area contributed by atoms with Gasteiger partial charge in [-0.15, -0.1) is 0 Å². The number of hydrogen-bond donors (Lipinski definition) is 0. The Morgan fingerprint density at radius 1 is 0.459 bits per heavy atom. The molecule has 4 nitrogen and oxygen atoms in total. The lowest BCUT2D eigenvalue weighted by Crippen LogP contribution is -2.32. The summed E-state index contributed by atoms with van der Waals surface area (Å²) in [6.07, 6.45) is 5.61. The number of rotatable bonds is 6. The molecule has 0 bridgehead atoms. The lowest BCUT2D eigenvalue weighted by molar-refractivity contribution is 0.279. The molecule has 2 aliphatic carbocycles. The Balaban J connectivity index is 1.11. The van der Waals surface area contributed by atoms with E-state index in [2.05, 4.69) is 191 Å². The molecule has 1 aromatic heterocycles. The summed E-state index contributed by atoms with van der Waals surface area (Å²) in [5.74, 6) is 5.36. The first-order chi connectivity index (χ1) is 29.9. The molecule has 61 heavy (non-hydrogen) atoms. The Bertz CT molecular complexity index is 2890. The van der Waals surface area contributed by atoms with Crippen LogP contribution in [0.3, 0.4) is 0 Å². The molecule has 11 rings (SSSR count). The summed E-state index contributed by atoms with van der Waals surface area (Å²) in [6, 6.07) is 61.1. The van der Waals surface area contributed by atoms with Gasteiger partial charge in [0.1, 0.15) is 17.3 Å². The number of ether oxygens (including phenoxy) is 1. The van der Waals surface area contributed by atoms with E-state index in [1.807, 2.05) is 0 Å². The van der Waals surface area contributed by atoms with Crippen LogP contribution in [-0.2, 0) is 10.8 Å². The van der Waals surface area contributed by atoms with Crippen molar-refractivity contribution in [1.82, 2.24) is 15.0 Å². The van der Waals surface area contributed by atoms with Gasteiger partial charge in [-0.1, -0.05) is 179 Å². The van der Waals surface area contributed by atoms with Crippen molar-refractivity contribution in [2.75, 3.05) is 0 Å². The van der Waals surface area contributed by atoms with Crippen LogP contribution >= 0.6 is 0 Å². The van der Waals surface area contributed by atoms with Crippen LogP contribution in [0.5, 0.6) is 11.5 Å². The number of benzene rings is 7. The summed E-state index contributed by atoms with van der Waals surface area (Å²) in [6.45, 7) is 7.16. The molecular formula is C57H49N3O. The molecule has 2 heterocycles. The van der Waals surface area contributed by atoms with E-state index in [-0.39, 0.29) is 5.41 Å². The molecule has 8 aromatic rings. The van der Waals surface area contributed by atoms with Crippen LogP contribution in [0.15, 0.2) is 170 Å². The van der Waals surface area contributed by atoms with E-state index in [9.17, 15) is 0 Å². The molecule has 0 N–H and O–H groups in total. The van der Waals surface area contributed by atoms with Gasteiger partial charge in [-0.3, -0.25) is 0 Å². The predicted octanol–water partition coefficient (Wildman–Crippen LogP) is 14.5. The second-order valence-electron chi connectivity index (χ2n) is 17.8. The third kappa shape index (κ3) is 6.06. The number of para-hydroxylation sites is 2. The van der Waals surface area contributed by atoms with Crippen LogP contribution in [0.1, 0.15) is 81.0 Å². The molecule has 1 spiro atoms. The Morgan fingerprint density at radius 3 is 1.72 bits per heavy atom. The van der Waals surface area contributed by atoms with E-state index >= 15 is 0 Å². The van der Waals surface area contributed by atoms with Gasteiger partial charge >= 0.3 is 0 Å². The van der Waals surface area contributed by atoms with Crippen molar-refractivity contribution in [2.24, 2.45) is 11.8 Å². The first-order valence-electron chi connectivity index (χ1n) is 22.1. The molecule has 298 valence electrons. The van der Waals surface area contributed by atoms with Gasteiger partial charge in [0.25, 0.3) is 0 Å². The molecule has 7 aromatic carbocycles. The second-order valence-corrected chi connectivity index (χ2v) is 17.8. The van der Waals surface area contributed by atoms with Gasteiger partial charge in [0.15, 0.2) is 11.6 Å². The highest BCUT2D eigenvalue weighted by atomic mass is 16.5. The van der Waals surface area contributed by atoms with Crippen molar-refractivity contribution in [2.45, 2.75) is 63.7 Å². The first kappa shape index (κ1) is 37.4. The van der Waals surface area contributed by atoms with Crippen LogP contribution in [0.2, 0.25) is 0 Å². The van der Waals surface area contributed by atoms with E-state index in [0.29, 0.717) is 11.8 Å². The molecule has 3 aliphatic rings. The van der Waals surface area contributed by atoms with E-state index in [0.717, 1.165) is 76.1 Å². The molecule has 1 saturated carbocycles. The minimum atomic E-state index is -0.511. The standard InChI is InChI=1S/C57H49N3O/c1-4-56(35-37(2)29-30-38(3)36-56)55-59-53(42-20-16-19-40(33-42)39-17-6-5-7-18-39)58-54(60-55)45-23-9-8-21-43(45)41-31-32-48-46(34-41)44-22-10-11-24-47(44)57(48)49-25-12-14-27-51(49)61-52-28-15-13-26-50(52)57/h5-28,31-34,37-38H,4,29-30,35-36H2,1-3H3/t37-,38?,56?/m1/s1. The molecule has 1 fully saturated rings. The number of aromatic nitrogens is 3. The number of fused-ring (bicyclic) bond motifs is 9. The number of nitrogens with zero attached hydrogens (tertiary/aromatic N) is 3. The zero-order valence-corrected chi connectivity index (χ0v) is 35.1. The lowest BCUT2D eigenvalue weighted by atomic mass is 9.66. The van der Waals surface area contributed by atoms with Crippen molar-refractivity contribution in [1.29, 1.82) is 0 Å². The van der Waals surface area contributed by atoms with Crippen molar-refractivity contribution in [3.05, 3.63) is 198 Å². The zero-order chi connectivity index (χ0) is 41.1. The van der Waals surface area contributed by atoms with Crippen LogP contribution in [0.4, 0.5) is 0 Å². The lowest BCUT2D eigenvalue weighted by Gasteiger charge is -2.39. The summed E-state index contributed by atoms with van der Waals surface area (Å²) >= 11 is 0. The molecule has 1 aliphatic heterocycles. The SMILES string of the molecule is CCC1(c2nc(-c3cccc(-c4ccccc4)c3)nc(-c3ccccc3-c3ccc4c(c3)-c3ccccc3C43c4ccccc4Oc4ccccc43)n2)CC(C)CC[C@@H](C)C1. The van der Waals surface area contributed by atoms with Crippen LogP contribution in [0.25, 0.3) is 56.2 Å². The summed E-state index contributed by atoms with van der Waals surface area (Å²) in [7, 11) is 0. The van der Waals surface area contributed by atoms with Crippen LogP contribution in [0, 0.1) is 11.8 Å². The Morgan fingerprint density at radius 2 is 1.02 bits per heavy atom. The Labute approximate surface area is 359 Å². The third-order valence-electron chi connectivity index (χ3n) is 14.0. The van der Waals surface area contributed by atoms with Gasteiger partial charge in [-0.05, 0) is 99.9 Å². The summed E-state index contributed by atoms with van der Waals surface area (Å²) in [5.41, 5.74) is 13.3. The molecule has 0 saturated heterocycles. The largest absolute Gasteiger partial charge is 0.457 e. The normalized spacial score (nSPS) is 19.5. The smallest absolute Gasteiger partial charge is 0.164 e. The van der Waals surface area contributed by atoms with Gasteiger partial charge in [0.05, 0.1) is 5.41 Å². The van der Waals surface area contributed by atoms with Crippen molar-refractivity contribution in [3.8, 4) is 67.7 Å². The van der Waals surface area contributed by atoms with E-state index in [1.54, 1.807) is 0 Å². The maximum absolute atomic E-state index is 6.59. The fourth-order valence-corrected chi connectivity index (χ4v) is 11.1. The maximum atomic E-state index is 6.59. The van der Waals surface area contributed by atoms with Crippen molar-refractivity contribution < 1.29 is 4.74 Å². The minimum Gasteiger partial charge on any atom is -0.457 e. The molecule has 0 radical (unpaired) electrons. The Hall–Kier alpha value is -6.65. The monoisotopic (exact) mass is 791 g/mol. The average Bonchev–Trinajstić information content (AvgIpc) is 3.50. The summed E-state index contributed by atoms with van der Waals surface area (Å²) in [5, 5.41) is 0. The minimum absolute atomic E-state index is 0.143. The van der Waals surface area contributed by atoms with Crippen LogP contribution in [-0.4, -0.2) is 15.0 Å². The molecular weight excluding hydrogens is 743 g/mol. The second kappa shape index (κ2) is 14.8. The topological polar surface area (TPSA) is 47.9 Å². The first-order valence-corrected chi connectivity index (χ1v) is 22.1. The van der Waals surface area contributed by atoms with Crippen LogP contribution < -0.4 is 4.74 Å². The highest BCUT2D eigenvalue weighted by Gasteiger charge is 2.51. The number of hydrogen-bond acceptors (Lipinski definition) is 4. The third-order valence-corrected chi connectivity index (χ3v) is 14.0. The van der Waals surface area contributed by atoms with Gasteiger partial charge in [-0.2, -0.15) is 0 Å². The van der Waals surface area contributed by atoms with Gasteiger partial charge in [0, 0.05) is 27.7 Å². The molecule has 2 unspecified atom stereocenters. The maximum Gasteiger partial charge on any atom is 0.164 e. The molecule has 0 amide bonds. The highest BCUT2D eigenvalue weighted by Crippen LogP contribution is 2.62. The molecule has 4 heteroatoms. The van der Waals surface area contributed by atoms with Gasteiger partial charge in [-0.25, -0.2) is 15.0 Å². The van der Waals surface area contributed by atoms with Crippen molar-refractivity contribution >= 4 is 0 Å². The highest BCUT2D eigenvalue weighted by molar-refractivity contribution is 5.92. The van der Waals surface area contributed by atoms with Crippen molar-refractivity contribution in [3.63, 3.8) is 0 Å². The Kier molecular flexibility index (Phi) is 9.07. The quantitative estimate of drug-likeness (QED) is 0.157. The fourth-order valence-electron chi connectivity index (χ4n) is 11.1. The average molecular weight is 792 g/mol. The summed E-state index contributed by atoms with van der Waals surface area (Å²) in [4.78, 5) is 16.4. The van der Waals surface area contributed by atoms with E-state index < -0.39 is 5.41 Å². The fraction of sp³-hybridized carbons (Fsp3) is 0.211. The van der Waals surface area contributed by atoms with Gasteiger partial charge < -0.3 is 4.74 Å². The predicted molar refractivity (Wildman–Crippen MR) is 248 cm³/mol. The van der Waals surface area contributed by atoms with Gasteiger partial charge in [0.2, 0.25) is 0 Å².